The van der Waals surface area contributed by atoms with Crippen molar-refractivity contribution in [2.45, 2.75) is 32.4 Å². The quantitative estimate of drug-likeness (QED) is 0.854. The van der Waals surface area contributed by atoms with Crippen molar-refractivity contribution in [1.29, 1.82) is 0 Å². The van der Waals surface area contributed by atoms with Gasteiger partial charge in [0, 0.05) is 26.3 Å². The smallest absolute Gasteiger partial charge is 0.270 e. The number of hydrogen-bond donors (Lipinski definition) is 1. The van der Waals surface area contributed by atoms with Crippen LogP contribution in [0.2, 0.25) is 0 Å². The Morgan fingerprint density at radius 3 is 2.64 bits per heavy atom. The second-order valence-electron chi connectivity index (χ2n) is 5.69. The lowest BCUT2D eigenvalue weighted by Crippen LogP contribution is -2.31. The first-order chi connectivity index (χ1) is 10.6. The van der Waals surface area contributed by atoms with Crippen LogP contribution in [-0.4, -0.2) is 40.2 Å². The number of aliphatic hydroxyl groups excluding tert-OH is 1. The number of carbonyl (C=O) groups is 1. The third kappa shape index (κ3) is 4.46. The van der Waals surface area contributed by atoms with Crippen LogP contribution in [0.4, 0.5) is 0 Å². The molecule has 0 saturated carbocycles. The first-order valence-electron chi connectivity index (χ1n) is 7.70. The monoisotopic (exact) mass is 300 g/mol. The fourth-order valence-electron chi connectivity index (χ4n) is 2.38. The maximum Gasteiger partial charge on any atom is 0.270 e. The van der Waals surface area contributed by atoms with E-state index in [9.17, 15) is 9.90 Å². The lowest BCUT2D eigenvalue weighted by Gasteiger charge is -2.19. The van der Waals surface area contributed by atoms with E-state index in [1.165, 1.54) is 5.56 Å². The summed E-state index contributed by atoms with van der Waals surface area (Å²) >= 11 is 0. The predicted molar refractivity (Wildman–Crippen MR) is 87.8 cm³/mol. The molecule has 4 nitrogen and oxygen atoms in total. The van der Waals surface area contributed by atoms with Gasteiger partial charge in [-0.25, -0.2) is 0 Å². The highest BCUT2D eigenvalue weighted by atomic mass is 16.3. The van der Waals surface area contributed by atoms with E-state index >= 15 is 0 Å². The van der Waals surface area contributed by atoms with Gasteiger partial charge in [0.25, 0.3) is 5.91 Å². The largest absolute Gasteiger partial charge is 0.393 e. The van der Waals surface area contributed by atoms with Crippen molar-refractivity contribution >= 4 is 5.91 Å². The van der Waals surface area contributed by atoms with Gasteiger partial charge >= 0.3 is 0 Å². The van der Waals surface area contributed by atoms with Gasteiger partial charge in [0.15, 0.2) is 0 Å². The number of aryl methyl sites for hydroxylation is 2. The number of nitrogens with zero attached hydrogens (tertiary/aromatic N) is 2. The highest BCUT2D eigenvalue weighted by Crippen LogP contribution is 2.09. The number of benzene rings is 1. The molecule has 0 spiro atoms. The fraction of sp³-hybridized carbons (Fsp3) is 0.389. The first kappa shape index (κ1) is 16.3. The molecule has 2 rings (SSSR count). The van der Waals surface area contributed by atoms with Gasteiger partial charge in [0.2, 0.25) is 0 Å². The zero-order chi connectivity index (χ0) is 15.9. The van der Waals surface area contributed by atoms with Crippen LogP contribution in [-0.2, 0) is 13.0 Å². The summed E-state index contributed by atoms with van der Waals surface area (Å²) in [4.78, 5) is 14.1. The number of aliphatic hydroxyl groups is 1. The molecular weight excluding hydrogens is 276 g/mol. The van der Waals surface area contributed by atoms with Gasteiger partial charge in [-0.3, -0.25) is 4.79 Å². The molecule has 2 aromatic rings. The first-order valence-corrected chi connectivity index (χ1v) is 7.70. The highest BCUT2D eigenvalue weighted by Gasteiger charge is 2.15. The molecule has 1 unspecified atom stereocenters. The Bertz CT molecular complexity index is 590. The second kappa shape index (κ2) is 7.80. The van der Waals surface area contributed by atoms with Crippen LogP contribution in [0, 0.1) is 0 Å². The Kier molecular flexibility index (Phi) is 5.78. The van der Waals surface area contributed by atoms with E-state index in [1.54, 1.807) is 18.9 Å². The molecule has 1 heterocycles. The van der Waals surface area contributed by atoms with Crippen LogP contribution in [0.5, 0.6) is 0 Å². The summed E-state index contributed by atoms with van der Waals surface area (Å²) in [6, 6.07) is 14.0. The van der Waals surface area contributed by atoms with E-state index in [-0.39, 0.29) is 12.0 Å². The second-order valence-corrected chi connectivity index (χ2v) is 5.69. The molecule has 0 fully saturated rings. The molecule has 0 aliphatic carbocycles. The summed E-state index contributed by atoms with van der Waals surface area (Å²) in [7, 11) is 1.78. The van der Waals surface area contributed by atoms with Crippen molar-refractivity contribution in [3.05, 3.63) is 59.9 Å². The van der Waals surface area contributed by atoms with Gasteiger partial charge in [-0.2, -0.15) is 0 Å². The van der Waals surface area contributed by atoms with Crippen molar-refractivity contribution in [3.63, 3.8) is 0 Å². The molecule has 22 heavy (non-hydrogen) atoms. The van der Waals surface area contributed by atoms with E-state index in [4.69, 9.17) is 0 Å². The summed E-state index contributed by atoms with van der Waals surface area (Å²) in [5.41, 5.74) is 1.96. The summed E-state index contributed by atoms with van der Waals surface area (Å²) in [6.45, 7) is 3.07. The van der Waals surface area contributed by atoms with Gasteiger partial charge in [-0.1, -0.05) is 30.3 Å². The Balaban J connectivity index is 1.98. The molecule has 118 valence electrons. The van der Waals surface area contributed by atoms with Crippen molar-refractivity contribution in [2.75, 3.05) is 13.6 Å². The Labute approximate surface area is 132 Å². The molecule has 1 N–H and O–H groups in total. The lowest BCUT2D eigenvalue weighted by atomic mass is 10.1. The average molecular weight is 300 g/mol. The Hall–Kier alpha value is -2.07. The normalized spacial score (nSPS) is 12.1. The number of carbonyl (C=O) groups excluding carboxylic acids is 1. The van der Waals surface area contributed by atoms with E-state index in [0.717, 1.165) is 13.0 Å². The van der Waals surface area contributed by atoms with Crippen LogP contribution in [0.1, 0.15) is 29.4 Å². The van der Waals surface area contributed by atoms with Crippen LogP contribution in [0.3, 0.4) is 0 Å². The Morgan fingerprint density at radius 2 is 1.95 bits per heavy atom. The van der Waals surface area contributed by atoms with Crippen molar-refractivity contribution in [2.24, 2.45) is 0 Å². The highest BCUT2D eigenvalue weighted by molar-refractivity contribution is 5.92. The minimum absolute atomic E-state index is 0.00119. The van der Waals surface area contributed by atoms with Crippen LogP contribution in [0.25, 0.3) is 0 Å². The molecule has 1 atom stereocenters. The molecule has 1 aromatic heterocycles. The topological polar surface area (TPSA) is 45.5 Å². The number of amides is 1. The average Bonchev–Trinajstić information content (AvgIpc) is 2.99. The maximum atomic E-state index is 12.5. The molecule has 0 saturated heterocycles. The molecule has 1 aromatic carbocycles. The summed E-state index contributed by atoms with van der Waals surface area (Å²) < 4.78 is 1.99. The summed E-state index contributed by atoms with van der Waals surface area (Å²) in [5.74, 6) is -0.00119. The van der Waals surface area contributed by atoms with Crippen molar-refractivity contribution in [1.82, 2.24) is 9.47 Å². The van der Waals surface area contributed by atoms with Crippen molar-refractivity contribution < 1.29 is 9.90 Å². The van der Waals surface area contributed by atoms with E-state index < -0.39 is 0 Å². The van der Waals surface area contributed by atoms with Gasteiger partial charge in [0.1, 0.15) is 5.69 Å². The standard InChI is InChI=1S/C18H24N2O2/c1-15(21)10-13-19(2)18(22)17-9-6-12-20(17)14-11-16-7-4-3-5-8-16/h3-9,12,15,21H,10-11,13-14H2,1-2H3. The number of rotatable bonds is 7. The minimum atomic E-state index is -0.389. The molecule has 0 aliphatic rings. The molecular formula is C18H24N2O2. The summed E-state index contributed by atoms with van der Waals surface area (Å²) in [5, 5.41) is 9.34. The summed E-state index contributed by atoms with van der Waals surface area (Å²) in [6.07, 6.45) is 3.04. The van der Waals surface area contributed by atoms with Gasteiger partial charge in [-0.15, -0.1) is 0 Å². The minimum Gasteiger partial charge on any atom is -0.393 e. The van der Waals surface area contributed by atoms with Gasteiger partial charge < -0.3 is 14.6 Å². The number of aromatic nitrogens is 1. The van der Waals surface area contributed by atoms with E-state index in [0.29, 0.717) is 18.7 Å². The molecule has 0 radical (unpaired) electrons. The maximum absolute atomic E-state index is 12.5. The SMILES string of the molecule is CC(O)CCN(C)C(=O)c1cccn1CCc1ccccc1. The van der Waals surface area contributed by atoms with E-state index in [2.05, 4.69) is 12.1 Å². The fourth-order valence-corrected chi connectivity index (χ4v) is 2.38. The predicted octanol–water partition coefficient (Wildman–Crippen LogP) is 2.57. The molecule has 1 amide bonds. The molecule has 0 bridgehead atoms. The number of hydrogen-bond acceptors (Lipinski definition) is 2. The third-order valence-corrected chi connectivity index (χ3v) is 3.76. The van der Waals surface area contributed by atoms with Gasteiger partial charge in [0.05, 0.1) is 6.10 Å². The van der Waals surface area contributed by atoms with Crippen LogP contribution in [0.15, 0.2) is 48.7 Å². The lowest BCUT2D eigenvalue weighted by molar-refractivity contribution is 0.0758. The van der Waals surface area contributed by atoms with Crippen LogP contribution < -0.4 is 0 Å². The zero-order valence-electron chi connectivity index (χ0n) is 13.3. The van der Waals surface area contributed by atoms with E-state index in [1.807, 2.05) is 41.1 Å². The zero-order valence-corrected chi connectivity index (χ0v) is 13.3. The molecule has 0 aliphatic heterocycles. The van der Waals surface area contributed by atoms with Crippen molar-refractivity contribution in [3.8, 4) is 0 Å². The third-order valence-electron chi connectivity index (χ3n) is 3.76. The Morgan fingerprint density at radius 1 is 1.23 bits per heavy atom. The van der Waals surface area contributed by atoms with Crippen LogP contribution >= 0.6 is 0 Å². The van der Waals surface area contributed by atoms with Gasteiger partial charge in [-0.05, 0) is 37.5 Å². The molecule has 4 heteroatoms.